The van der Waals surface area contributed by atoms with Crippen molar-refractivity contribution in [2.45, 2.75) is 25.3 Å². The molecule has 1 heterocycles. The number of likely N-dealkylation sites (N-methyl/N-ethyl adjacent to an activating group) is 1. The van der Waals surface area contributed by atoms with Gasteiger partial charge in [-0.05, 0) is 51.1 Å². The molecule has 0 saturated carbocycles. The van der Waals surface area contributed by atoms with Crippen LogP contribution < -0.4 is 5.73 Å². The van der Waals surface area contributed by atoms with Crippen LogP contribution in [0.25, 0.3) is 0 Å². The zero-order valence-electron chi connectivity index (χ0n) is 14.8. The van der Waals surface area contributed by atoms with Crippen LogP contribution in [-0.2, 0) is 17.6 Å². The van der Waals surface area contributed by atoms with Crippen molar-refractivity contribution in [1.82, 2.24) is 9.88 Å². The standard InChI is InChI=1S/C19H23F2N3O2/c1-24(2)14(9-16-17(20)10-15(25)11-18(16)21)8-13(19(22)26)7-12-3-5-23-6-4-12/h3-6,10-11,13-14,25H,7-9H2,1-2H3,(H2,22,26)/t13?,14-/m0/s1. The summed E-state index contributed by atoms with van der Waals surface area (Å²) in [6.45, 7) is 0. The smallest absolute Gasteiger partial charge is 0.220 e. The van der Waals surface area contributed by atoms with Gasteiger partial charge in [0.15, 0.2) is 0 Å². The van der Waals surface area contributed by atoms with Crippen molar-refractivity contribution in [2.24, 2.45) is 11.7 Å². The summed E-state index contributed by atoms with van der Waals surface area (Å²) >= 11 is 0. The summed E-state index contributed by atoms with van der Waals surface area (Å²) in [6, 6.07) is 5.07. The Balaban J connectivity index is 2.19. The quantitative estimate of drug-likeness (QED) is 0.754. The summed E-state index contributed by atoms with van der Waals surface area (Å²) in [5.41, 5.74) is 6.35. The Morgan fingerprint density at radius 3 is 2.27 bits per heavy atom. The Hall–Kier alpha value is -2.54. The first kappa shape index (κ1) is 19.8. The number of aromatic hydroxyl groups is 1. The molecular formula is C19H23F2N3O2. The number of hydrogen-bond acceptors (Lipinski definition) is 4. The van der Waals surface area contributed by atoms with Crippen LogP contribution >= 0.6 is 0 Å². The third kappa shape index (κ3) is 5.23. The second-order valence-corrected chi connectivity index (χ2v) is 6.60. The van der Waals surface area contributed by atoms with Gasteiger partial charge in [-0.2, -0.15) is 0 Å². The maximum Gasteiger partial charge on any atom is 0.220 e. The molecule has 2 rings (SSSR count). The van der Waals surface area contributed by atoms with Crippen LogP contribution in [0.2, 0.25) is 0 Å². The third-order valence-electron chi connectivity index (χ3n) is 4.49. The summed E-state index contributed by atoms with van der Waals surface area (Å²) < 4.78 is 28.1. The number of pyridine rings is 1. The molecule has 5 nitrogen and oxygen atoms in total. The van der Waals surface area contributed by atoms with E-state index in [9.17, 15) is 18.7 Å². The van der Waals surface area contributed by atoms with E-state index < -0.39 is 29.2 Å². The summed E-state index contributed by atoms with van der Waals surface area (Å²) in [6.07, 6.45) is 4.12. The molecule has 2 atom stereocenters. The second-order valence-electron chi connectivity index (χ2n) is 6.60. The van der Waals surface area contributed by atoms with E-state index in [1.165, 1.54) is 0 Å². The fourth-order valence-electron chi connectivity index (χ4n) is 2.93. The Morgan fingerprint density at radius 1 is 1.19 bits per heavy atom. The molecule has 140 valence electrons. The minimum Gasteiger partial charge on any atom is -0.508 e. The molecule has 7 heteroatoms. The maximum absolute atomic E-state index is 14.1. The van der Waals surface area contributed by atoms with Crippen LogP contribution in [0.5, 0.6) is 5.75 Å². The molecule has 1 aromatic carbocycles. The number of rotatable bonds is 8. The van der Waals surface area contributed by atoms with Gasteiger partial charge in [-0.25, -0.2) is 8.78 Å². The molecule has 0 aliphatic rings. The molecule has 1 amide bonds. The first-order chi connectivity index (χ1) is 12.3. The average Bonchev–Trinajstić information content (AvgIpc) is 2.56. The number of carbonyl (C=O) groups excluding carboxylic acids is 1. The van der Waals surface area contributed by atoms with Crippen molar-refractivity contribution in [2.75, 3.05) is 14.1 Å². The SMILES string of the molecule is CN(C)[C@H](Cc1c(F)cc(O)cc1F)CC(Cc1ccncc1)C(N)=O. The highest BCUT2D eigenvalue weighted by atomic mass is 19.1. The van der Waals surface area contributed by atoms with Gasteiger partial charge in [0.2, 0.25) is 5.91 Å². The number of carbonyl (C=O) groups is 1. The van der Waals surface area contributed by atoms with Crippen molar-refractivity contribution >= 4 is 5.91 Å². The number of primary amides is 1. The summed E-state index contributed by atoms with van der Waals surface area (Å²) in [7, 11) is 3.57. The molecule has 0 saturated heterocycles. The normalized spacial score (nSPS) is 13.6. The number of nitrogens with two attached hydrogens (primary N) is 1. The molecule has 0 spiro atoms. The maximum atomic E-state index is 14.1. The van der Waals surface area contributed by atoms with E-state index in [-0.39, 0.29) is 18.0 Å². The van der Waals surface area contributed by atoms with E-state index in [2.05, 4.69) is 4.98 Å². The van der Waals surface area contributed by atoms with Gasteiger partial charge >= 0.3 is 0 Å². The molecule has 0 aliphatic carbocycles. The predicted molar refractivity (Wildman–Crippen MR) is 94.4 cm³/mol. The van der Waals surface area contributed by atoms with Crippen LogP contribution in [0.15, 0.2) is 36.7 Å². The molecule has 0 aliphatic heterocycles. The van der Waals surface area contributed by atoms with E-state index in [0.717, 1.165) is 17.7 Å². The van der Waals surface area contributed by atoms with E-state index in [0.29, 0.717) is 12.8 Å². The van der Waals surface area contributed by atoms with Gasteiger partial charge in [-0.3, -0.25) is 9.78 Å². The van der Waals surface area contributed by atoms with Gasteiger partial charge in [-0.1, -0.05) is 0 Å². The lowest BCUT2D eigenvalue weighted by Crippen LogP contribution is -2.37. The van der Waals surface area contributed by atoms with E-state index in [1.54, 1.807) is 38.6 Å². The van der Waals surface area contributed by atoms with Gasteiger partial charge in [0.25, 0.3) is 0 Å². The molecule has 26 heavy (non-hydrogen) atoms. The van der Waals surface area contributed by atoms with Gasteiger partial charge in [0.1, 0.15) is 17.4 Å². The number of hydrogen-bond donors (Lipinski definition) is 2. The molecule has 0 fully saturated rings. The van der Waals surface area contributed by atoms with Crippen LogP contribution in [0.4, 0.5) is 8.78 Å². The number of phenols is 1. The lowest BCUT2D eigenvalue weighted by atomic mass is 9.89. The molecule has 1 unspecified atom stereocenters. The number of halogens is 2. The Labute approximate surface area is 151 Å². The molecule has 0 radical (unpaired) electrons. The zero-order valence-corrected chi connectivity index (χ0v) is 14.8. The van der Waals surface area contributed by atoms with Crippen molar-refractivity contribution < 1.29 is 18.7 Å². The van der Waals surface area contributed by atoms with Crippen LogP contribution in [0.1, 0.15) is 17.5 Å². The first-order valence-electron chi connectivity index (χ1n) is 8.29. The minimum atomic E-state index is -0.806. The highest BCUT2D eigenvalue weighted by Crippen LogP contribution is 2.24. The average molecular weight is 363 g/mol. The molecule has 0 bridgehead atoms. The Kier molecular flexibility index (Phi) is 6.63. The van der Waals surface area contributed by atoms with Gasteiger partial charge in [0, 0.05) is 42.0 Å². The van der Waals surface area contributed by atoms with Crippen LogP contribution in [0, 0.1) is 17.6 Å². The number of aromatic nitrogens is 1. The zero-order chi connectivity index (χ0) is 19.3. The van der Waals surface area contributed by atoms with Gasteiger partial charge < -0.3 is 15.7 Å². The summed E-state index contributed by atoms with van der Waals surface area (Å²) in [5, 5.41) is 9.29. The fourth-order valence-corrected chi connectivity index (χ4v) is 2.93. The number of phenolic OH excluding ortho intramolecular Hbond substituents is 1. The van der Waals surface area contributed by atoms with Crippen molar-refractivity contribution in [3.05, 3.63) is 59.4 Å². The predicted octanol–water partition coefficient (Wildman–Crippen LogP) is 2.27. The Bertz CT molecular complexity index is 731. The van der Waals surface area contributed by atoms with Gasteiger partial charge in [0.05, 0.1) is 0 Å². The lowest BCUT2D eigenvalue weighted by molar-refractivity contribution is -0.122. The van der Waals surface area contributed by atoms with Crippen molar-refractivity contribution in [1.29, 1.82) is 0 Å². The summed E-state index contributed by atoms with van der Waals surface area (Å²) in [4.78, 5) is 17.7. The molecular weight excluding hydrogens is 340 g/mol. The van der Waals surface area contributed by atoms with Crippen molar-refractivity contribution in [3.63, 3.8) is 0 Å². The topological polar surface area (TPSA) is 79.4 Å². The molecule has 1 aromatic heterocycles. The Morgan fingerprint density at radius 2 is 1.77 bits per heavy atom. The van der Waals surface area contributed by atoms with Gasteiger partial charge in [-0.15, -0.1) is 0 Å². The second kappa shape index (κ2) is 8.71. The van der Waals surface area contributed by atoms with E-state index in [4.69, 9.17) is 5.73 Å². The molecule has 3 N–H and O–H groups in total. The lowest BCUT2D eigenvalue weighted by Gasteiger charge is -2.28. The number of amides is 1. The number of nitrogens with zero attached hydrogens (tertiary/aromatic N) is 2. The van der Waals surface area contributed by atoms with Crippen LogP contribution in [0.3, 0.4) is 0 Å². The minimum absolute atomic E-state index is 0.0606. The van der Waals surface area contributed by atoms with Crippen molar-refractivity contribution in [3.8, 4) is 5.75 Å². The molecule has 2 aromatic rings. The highest BCUT2D eigenvalue weighted by molar-refractivity contribution is 5.77. The first-order valence-corrected chi connectivity index (χ1v) is 8.29. The highest BCUT2D eigenvalue weighted by Gasteiger charge is 2.25. The van der Waals surface area contributed by atoms with Crippen LogP contribution in [-0.4, -0.2) is 41.0 Å². The van der Waals surface area contributed by atoms with E-state index in [1.807, 2.05) is 4.90 Å². The number of benzene rings is 1. The monoisotopic (exact) mass is 363 g/mol. The fraction of sp³-hybridized carbons (Fsp3) is 0.368. The third-order valence-corrected chi connectivity index (χ3v) is 4.49. The van der Waals surface area contributed by atoms with E-state index >= 15 is 0 Å². The summed E-state index contributed by atoms with van der Waals surface area (Å²) in [5.74, 6) is -3.01. The largest absolute Gasteiger partial charge is 0.508 e.